The first-order chi connectivity index (χ1) is 26.9. The highest BCUT2D eigenvalue weighted by Gasteiger charge is 2.22. The van der Waals surface area contributed by atoms with E-state index in [0.29, 0.717) is 0 Å². The van der Waals surface area contributed by atoms with Gasteiger partial charge in [-0.1, -0.05) is 170 Å². The summed E-state index contributed by atoms with van der Waals surface area (Å²) < 4.78 is 2.46. The van der Waals surface area contributed by atoms with Crippen LogP contribution in [0.4, 0.5) is 0 Å². The maximum absolute atomic E-state index is 2.46. The molecule has 55 heavy (non-hydrogen) atoms. The van der Waals surface area contributed by atoms with Crippen LogP contribution in [0, 0.1) is 0 Å². The predicted octanol–water partition coefficient (Wildman–Crippen LogP) is 14.7. The lowest BCUT2D eigenvalue weighted by Crippen LogP contribution is -1.98. The Hall–Kier alpha value is -6.35. The highest BCUT2D eigenvalue weighted by molar-refractivity contribution is 8.32. The summed E-state index contributed by atoms with van der Waals surface area (Å²) in [7, 11) is -0.772. The second-order valence-corrected chi connectivity index (χ2v) is 19.1. The molecule has 9 aromatic rings. The van der Waals surface area contributed by atoms with Gasteiger partial charge in [-0.05, 0) is 116 Å². The van der Waals surface area contributed by atoms with Crippen molar-refractivity contribution < 1.29 is 0 Å². The third kappa shape index (κ3) is 6.82. The summed E-state index contributed by atoms with van der Waals surface area (Å²) in [4.78, 5) is 1.43. The topological polar surface area (TPSA) is 4.93 Å². The summed E-state index contributed by atoms with van der Waals surface area (Å²) in [6, 6.07) is 75.4. The molecule has 9 rings (SSSR count). The summed E-state index contributed by atoms with van der Waals surface area (Å²) >= 11 is 0. The van der Waals surface area contributed by atoms with Crippen molar-refractivity contribution in [2.75, 3.05) is 18.8 Å². The molecule has 0 bridgehead atoms. The van der Waals surface area contributed by atoms with Crippen molar-refractivity contribution in [2.24, 2.45) is 0 Å². The molecule has 1 aromatic heterocycles. The van der Waals surface area contributed by atoms with Crippen LogP contribution in [-0.2, 0) is 0 Å². The molecule has 0 fully saturated rings. The van der Waals surface area contributed by atoms with Crippen molar-refractivity contribution >= 4 is 20.9 Å². The molecule has 0 atom stereocenters. The van der Waals surface area contributed by atoms with Crippen molar-refractivity contribution in [2.45, 2.75) is 4.90 Å². The monoisotopic (exact) mass is 725 g/mol. The minimum absolute atomic E-state index is 0.772. The Bertz CT molecular complexity index is 2700. The SMILES string of the molecule is CS(C)(C)c1ccc(-c2ccc(-n3c(-c4ccccc4)c(-c4ccc(-c5ccccc5)cc4)c4cc(-c5ccc(-c6ccccc6)cc5)ccc43)cc2)cc1. The summed E-state index contributed by atoms with van der Waals surface area (Å²) in [6.45, 7) is 0. The van der Waals surface area contributed by atoms with Gasteiger partial charge in [0, 0.05) is 16.6 Å². The summed E-state index contributed by atoms with van der Waals surface area (Å²) in [5.74, 6) is 0. The van der Waals surface area contributed by atoms with Gasteiger partial charge in [-0.2, -0.15) is 0 Å². The Labute approximate surface area is 326 Å². The first-order valence-corrected chi connectivity index (χ1v) is 21.7. The minimum atomic E-state index is -0.772. The van der Waals surface area contributed by atoms with Gasteiger partial charge in [0.1, 0.15) is 0 Å². The second kappa shape index (κ2) is 14.5. The molecule has 0 radical (unpaired) electrons. The molecule has 2 heteroatoms. The predicted molar refractivity (Wildman–Crippen MR) is 240 cm³/mol. The van der Waals surface area contributed by atoms with E-state index in [1.807, 2.05) is 0 Å². The van der Waals surface area contributed by atoms with Crippen LogP contribution in [0.1, 0.15) is 0 Å². The van der Waals surface area contributed by atoms with Gasteiger partial charge in [-0.25, -0.2) is 10.0 Å². The van der Waals surface area contributed by atoms with Crippen molar-refractivity contribution in [1.29, 1.82) is 0 Å². The number of fused-ring (bicyclic) bond motifs is 1. The number of aromatic nitrogens is 1. The molecule has 0 unspecified atom stereocenters. The lowest BCUT2D eigenvalue weighted by Gasteiger charge is -2.25. The fourth-order valence-corrected chi connectivity index (χ4v) is 8.66. The number of nitrogens with zero attached hydrogens (tertiary/aromatic N) is 1. The van der Waals surface area contributed by atoms with E-state index in [1.54, 1.807) is 0 Å². The quantitative estimate of drug-likeness (QED) is 0.147. The van der Waals surface area contributed by atoms with E-state index in [4.69, 9.17) is 0 Å². The number of rotatable bonds is 8. The molecule has 1 nitrogen and oxygen atoms in total. The number of benzene rings is 8. The zero-order valence-corrected chi connectivity index (χ0v) is 32.3. The molecule has 1 heterocycles. The van der Waals surface area contributed by atoms with Crippen LogP contribution in [0.15, 0.2) is 211 Å². The third-order valence-corrected chi connectivity index (χ3v) is 12.3. The number of hydrogen-bond acceptors (Lipinski definition) is 0. The first-order valence-electron chi connectivity index (χ1n) is 18.9. The molecule has 8 aromatic carbocycles. The van der Waals surface area contributed by atoms with E-state index in [2.05, 4.69) is 230 Å². The van der Waals surface area contributed by atoms with Crippen LogP contribution in [0.5, 0.6) is 0 Å². The van der Waals surface area contributed by atoms with E-state index >= 15 is 0 Å². The lowest BCUT2D eigenvalue weighted by atomic mass is 9.94. The van der Waals surface area contributed by atoms with Crippen LogP contribution < -0.4 is 0 Å². The van der Waals surface area contributed by atoms with Gasteiger partial charge in [-0.3, -0.25) is 0 Å². The molecule has 0 aliphatic carbocycles. The standard InChI is InChI=1S/C53H43NS/c1-55(2,3)49-34-29-43(30-35-49)42-27-32-48(33-28-42)54-51-36-31-47(44-21-19-40(20-22-44)38-13-7-4-8-14-38)37-50(51)52(53(54)46-17-11-6-12-18-46)45-25-23-41(24-26-45)39-15-9-5-10-16-39/h4-37H,1-3H3. The highest BCUT2D eigenvalue weighted by Crippen LogP contribution is 2.46. The maximum Gasteiger partial charge on any atom is 0.0619 e. The van der Waals surface area contributed by atoms with Gasteiger partial charge in [0.05, 0.1) is 11.2 Å². The molecule has 266 valence electrons. The fraction of sp³-hybridized carbons (Fsp3) is 0.0566. The van der Waals surface area contributed by atoms with Crippen molar-refractivity contribution in [1.82, 2.24) is 4.57 Å². The first kappa shape index (κ1) is 34.4. The molecular weight excluding hydrogens is 683 g/mol. The highest BCUT2D eigenvalue weighted by atomic mass is 32.3. The Balaban J connectivity index is 1.22. The van der Waals surface area contributed by atoms with Gasteiger partial charge in [0.2, 0.25) is 0 Å². The smallest absolute Gasteiger partial charge is 0.0619 e. The van der Waals surface area contributed by atoms with Gasteiger partial charge >= 0.3 is 0 Å². The van der Waals surface area contributed by atoms with Gasteiger partial charge < -0.3 is 4.57 Å². The fourth-order valence-electron chi connectivity index (χ4n) is 7.70. The zero-order valence-electron chi connectivity index (χ0n) is 31.5. The molecule has 0 aliphatic rings. The molecule has 0 saturated heterocycles. The zero-order chi connectivity index (χ0) is 37.4. The largest absolute Gasteiger partial charge is 0.309 e. The Morgan fingerprint density at radius 2 is 0.691 bits per heavy atom. The van der Waals surface area contributed by atoms with Crippen LogP contribution in [0.25, 0.3) is 83.5 Å². The Morgan fingerprint density at radius 3 is 1.16 bits per heavy atom. The molecule has 0 saturated carbocycles. The molecular formula is C53H43NS. The van der Waals surface area contributed by atoms with Crippen molar-refractivity contribution in [3.63, 3.8) is 0 Å². The van der Waals surface area contributed by atoms with Crippen LogP contribution in [-0.4, -0.2) is 23.3 Å². The minimum Gasteiger partial charge on any atom is -0.309 e. The van der Waals surface area contributed by atoms with E-state index in [1.165, 1.54) is 82.7 Å². The maximum atomic E-state index is 2.46. The van der Waals surface area contributed by atoms with E-state index in [-0.39, 0.29) is 0 Å². The number of hydrogen-bond donors (Lipinski definition) is 0. The lowest BCUT2D eigenvalue weighted by molar-refractivity contribution is 1.14. The average molecular weight is 726 g/mol. The van der Waals surface area contributed by atoms with E-state index in [9.17, 15) is 0 Å². The van der Waals surface area contributed by atoms with Crippen molar-refractivity contribution in [3.05, 3.63) is 206 Å². The van der Waals surface area contributed by atoms with Crippen LogP contribution in [0.3, 0.4) is 0 Å². The molecule has 0 spiro atoms. The van der Waals surface area contributed by atoms with E-state index < -0.39 is 10.0 Å². The second-order valence-electron chi connectivity index (χ2n) is 15.0. The van der Waals surface area contributed by atoms with Crippen LogP contribution in [0.2, 0.25) is 0 Å². The average Bonchev–Trinajstić information content (AvgIpc) is 3.59. The van der Waals surface area contributed by atoms with Gasteiger partial charge in [0.15, 0.2) is 0 Å². The molecule has 0 aliphatic heterocycles. The Morgan fingerprint density at radius 1 is 0.327 bits per heavy atom. The van der Waals surface area contributed by atoms with Crippen LogP contribution >= 0.6 is 10.0 Å². The molecule has 0 amide bonds. The van der Waals surface area contributed by atoms with Gasteiger partial charge in [0.25, 0.3) is 0 Å². The third-order valence-electron chi connectivity index (χ3n) is 10.6. The van der Waals surface area contributed by atoms with Crippen molar-refractivity contribution in [3.8, 4) is 72.6 Å². The summed E-state index contributed by atoms with van der Waals surface area (Å²) in [6.07, 6.45) is 7.04. The normalized spacial score (nSPS) is 11.8. The van der Waals surface area contributed by atoms with Gasteiger partial charge in [-0.15, -0.1) is 0 Å². The Kier molecular flexibility index (Phi) is 9.06. The van der Waals surface area contributed by atoms with E-state index in [0.717, 1.165) is 5.69 Å². The summed E-state index contributed by atoms with van der Waals surface area (Å²) in [5.41, 5.74) is 16.8. The summed E-state index contributed by atoms with van der Waals surface area (Å²) in [5, 5.41) is 1.22. The molecule has 0 N–H and O–H groups in total.